The van der Waals surface area contributed by atoms with Crippen molar-refractivity contribution >= 4 is 12.1 Å². The van der Waals surface area contributed by atoms with Crippen LogP contribution in [0, 0.1) is 0 Å². The first kappa shape index (κ1) is 16.0. The summed E-state index contributed by atoms with van der Waals surface area (Å²) in [5.74, 6) is -1.29. The number of aliphatic carboxylic acids is 1. The molecule has 0 spiro atoms. The maximum atomic E-state index is 11.5. The van der Waals surface area contributed by atoms with Gasteiger partial charge in [-0.2, -0.15) is 0 Å². The number of amides is 1. The van der Waals surface area contributed by atoms with Gasteiger partial charge >= 0.3 is 12.1 Å². The molecule has 2 unspecified atom stereocenters. The molecular weight excluding hydrogens is 262 g/mol. The van der Waals surface area contributed by atoms with Gasteiger partial charge in [0, 0.05) is 0 Å². The zero-order chi connectivity index (χ0) is 15.0. The van der Waals surface area contributed by atoms with Gasteiger partial charge in [-0.25, -0.2) is 9.59 Å². The Kier molecular flexibility index (Phi) is 6.52. The van der Waals surface area contributed by atoms with E-state index in [1.54, 1.807) is 12.1 Å². The van der Waals surface area contributed by atoms with E-state index in [1.807, 2.05) is 25.1 Å². The average molecular weight is 281 g/mol. The van der Waals surface area contributed by atoms with Crippen LogP contribution in [0.2, 0.25) is 0 Å². The lowest BCUT2D eigenvalue weighted by Gasteiger charge is -2.19. The quantitative estimate of drug-likeness (QED) is 0.704. The van der Waals surface area contributed by atoms with Gasteiger partial charge in [-0.1, -0.05) is 43.7 Å². The molecular formula is C14H19NO5. The minimum Gasteiger partial charge on any atom is -0.480 e. The Labute approximate surface area is 117 Å². The molecule has 110 valence electrons. The van der Waals surface area contributed by atoms with E-state index < -0.39 is 24.2 Å². The number of nitrogens with one attached hydrogen (secondary N) is 1. The molecule has 0 heterocycles. The first-order valence-electron chi connectivity index (χ1n) is 6.42. The SMILES string of the molecule is CCCC(O)C(NC(=O)OCc1ccccc1)C(=O)O. The number of carbonyl (C=O) groups is 2. The topological polar surface area (TPSA) is 95.9 Å². The molecule has 20 heavy (non-hydrogen) atoms. The summed E-state index contributed by atoms with van der Waals surface area (Å²) in [6, 6.07) is 7.66. The standard InChI is InChI=1S/C14H19NO5/c1-2-6-11(16)12(13(17)18)15-14(19)20-9-10-7-4-3-5-8-10/h3-5,7-8,11-12,16H,2,6,9H2,1H3,(H,15,19)(H,17,18). The van der Waals surface area contributed by atoms with Gasteiger partial charge < -0.3 is 20.3 Å². The number of carboxylic acids is 1. The summed E-state index contributed by atoms with van der Waals surface area (Å²) in [6.45, 7) is 1.86. The van der Waals surface area contributed by atoms with Gasteiger partial charge in [-0.15, -0.1) is 0 Å². The van der Waals surface area contributed by atoms with Crippen LogP contribution in [0.15, 0.2) is 30.3 Å². The molecule has 1 amide bonds. The molecule has 3 N–H and O–H groups in total. The summed E-state index contributed by atoms with van der Waals surface area (Å²) in [4.78, 5) is 22.5. The smallest absolute Gasteiger partial charge is 0.408 e. The molecule has 1 rings (SSSR count). The lowest BCUT2D eigenvalue weighted by atomic mass is 10.1. The molecule has 6 heteroatoms. The lowest BCUT2D eigenvalue weighted by Crippen LogP contribution is -2.48. The minimum absolute atomic E-state index is 0.0445. The van der Waals surface area contributed by atoms with Crippen molar-refractivity contribution in [2.45, 2.75) is 38.5 Å². The number of hydrogen-bond donors (Lipinski definition) is 3. The molecule has 0 aromatic heterocycles. The molecule has 1 aromatic carbocycles. The monoisotopic (exact) mass is 281 g/mol. The molecule has 6 nitrogen and oxygen atoms in total. The first-order valence-corrected chi connectivity index (χ1v) is 6.42. The normalized spacial score (nSPS) is 13.3. The highest BCUT2D eigenvalue weighted by Gasteiger charge is 2.28. The third kappa shape index (κ3) is 5.27. The van der Waals surface area contributed by atoms with Crippen LogP contribution in [0.1, 0.15) is 25.3 Å². The fourth-order valence-corrected chi connectivity index (χ4v) is 1.68. The summed E-state index contributed by atoms with van der Waals surface area (Å²) in [5.41, 5.74) is 0.795. The number of aliphatic hydroxyl groups excluding tert-OH is 1. The highest BCUT2D eigenvalue weighted by atomic mass is 16.5. The van der Waals surface area contributed by atoms with Gasteiger partial charge in [0.2, 0.25) is 0 Å². The molecule has 1 aromatic rings. The summed E-state index contributed by atoms with van der Waals surface area (Å²) >= 11 is 0. The molecule has 0 aliphatic carbocycles. The van der Waals surface area contributed by atoms with Crippen LogP contribution in [-0.4, -0.2) is 34.4 Å². The van der Waals surface area contributed by atoms with Gasteiger partial charge in [0.05, 0.1) is 6.10 Å². The molecule has 0 fully saturated rings. The van der Waals surface area contributed by atoms with Gasteiger partial charge in [0.15, 0.2) is 6.04 Å². The number of alkyl carbamates (subject to hydrolysis) is 1. The van der Waals surface area contributed by atoms with E-state index in [2.05, 4.69) is 5.32 Å². The number of rotatable bonds is 7. The summed E-state index contributed by atoms with van der Waals surface area (Å²) in [5, 5.41) is 20.8. The van der Waals surface area contributed by atoms with Crippen LogP contribution >= 0.6 is 0 Å². The first-order chi connectivity index (χ1) is 9.54. The van der Waals surface area contributed by atoms with Crippen LogP contribution in [-0.2, 0) is 16.1 Å². The van der Waals surface area contributed by atoms with Crippen molar-refractivity contribution < 1.29 is 24.5 Å². The third-order valence-corrected chi connectivity index (χ3v) is 2.72. The Morgan fingerprint density at radius 2 is 1.95 bits per heavy atom. The van der Waals surface area contributed by atoms with Crippen LogP contribution in [0.5, 0.6) is 0 Å². The summed E-state index contributed by atoms with van der Waals surface area (Å²) in [7, 11) is 0. The van der Waals surface area contributed by atoms with Gasteiger partial charge in [-0.05, 0) is 12.0 Å². The van der Waals surface area contributed by atoms with E-state index in [4.69, 9.17) is 9.84 Å². The van der Waals surface area contributed by atoms with Crippen LogP contribution in [0.25, 0.3) is 0 Å². The van der Waals surface area contributed by atoms with Crippen molar-refractivity contribution in [3.63, 3.8) is 0 Å². The number of aliphatic hydroxyl groups is 1. The fraction of sp³-hybridized carbons (Fsp3) is 0.429. The molecule has 0 saturated heterocycles. The molecule has 0 radical (unpaired) electrons. The summed E-state index contributed by atoms with van der Waals surface area (Å²) < 4.78 is 4.91. The fourth-order valence-electron chi connectivity index (χ4n) is 1.68. The van der Waals surface area contributed by atoms with E-state index >= 15 is 0 Å². The van der Waals surface area contributed by atoms with Gasteiger partial charge in [-0.3, -0.25) is 0 Å². The van der Waals surface area contributed by atoms with Crippen molar-refractivity contribution in [2.24, 2.45) is 0 Å². The second-order valence-corrected chi connectivity index (χ2v) is 4.38. The van der Waals surface area contributed by atoms with E-state index in [0.717, 1.165) is 5.56 Å². The number of benzene rings is 1. The minimum atomic E-state index is -1.36. The molecule has 0 aliphatic heterocycles. The lowest BCUT2D eigenvalue weighted by molar-refractivity contribution is -0.142. The largest absolute Gasteiger partial charge is 0.480 e. The van der Waals surface area contributed by atoms with Crippen molar-refractivity contribution in [3.05, 3.63) is 35.9 Å². The Balaban J connectivity index is 2.48. The number of carboxylic acid groups (broad SMARTS) is 1. The second kappa shape index (κ2) is 8.16. The van der Waals surface area contributed by atoms with E-state index in [9.17, 15) is 14.7 Å². The zero-order valence-corrected chi connectivity index (χ0v) is 11.3. The number of hydrogen-bond acceptors (Lipinski definition) is 4. The van der Waals surface area contributed by atoms with Gasteiger partial charge in [0.25, 0.3) is 0 Å². The highest BCUT2D eigenvalue weighted by molar-refractivity contribution is 5.80. The van der Waals surface area contributed by atoms with E-state index in [1.165, 1.54) is 0 Å². The maximum Gasteiger partial charge on any atom is 0.408 e. The van der Waals surface area contributed by atoms with Gasteiger partial charge in [0.1, 0.15) is 6.61 Å². The Morgan fingerprint density at radius 3 is 2.50 bits per heavy atom. The maximum absolute atomic E-state index is 11.5. The molecule has 0 bridgehead atoms. The number of ether oxygens (including phenoxy) is 1. The Bertz CT molecular complexity index is 434. The predicted octanol–water partition coefficient (Wildman–Crippen LogP) is 1.53. The van der Waals surface area contributed by atoms with Crippen LogP contribution in [0.3, 0.4) is 0 Å². The van der Waals surface area contributed by atoms with E-state index in [-0.39, 0.29) is 13.0 Å². The van der Waals surface area contributed by atoms with E-state index in [0.29, 0.717) is 6.42 Å². The molecule has 2 atom stereocenters. The van der Waals surface area contributed by atoms with Crippen molar-refractivity contribution in [1.82, 2.24) is 5.32 Å². The second-order valence-electron chi connectivity index (χ2n) is 4.38. The molecule has 0 aliphatic rings. The summed E-state index contributed by atoms with van der Waals surface area (Å²) in [6.07, 6.45) is -1.10. The predicted molar refractivity (Wildman–Crippen MR) is 72.1 cm³/mol. The Morgan fingerprint density at radius 1 is 1.30 bits per heavy atom. The van der Waals surface area contributed by atoms with Crippen molar-refractivity contribution in [1.29, 1.82) is 0 Å². The molecule has 0 saturated carbocycles. The van der Waals surface area contributed by atoms with Crippen LogP contribution < -0.4 is 5.32 Å². The number of carbonyl (C=O) groups excluding carboxylic acids is 1. The van der Waals surface area contributed by atoms with Crippen molar-refractivity contribution in [3.8, 4) is 0 Å². The Hall–Kier alpha value is -2.08. The zero-order valence-electron chi connectivity index (χ0n) is 11.3. The third-order valence-electron chi connectivity index (χ3n) is 2.72. The average Bonchev–Trinajstić information content (AvgIpc) is 2.43. The van der Waals surface area contributed by atoms with Crippen molar-refractivity contribution in [2.75, 3.05) is 0 Å². The highest BCUT2D eigenvalue weighted by Crippen LogP contribution is 2.05. The van der Waals surface area contributed by atoms with Crippen LogP contribution in [0.4, 0.5) is 4.79 Å².